The lowest BCUT2D eigenvalue weighted by Gasteiger charge is -2.21. The normalized spacial score (nSPS) is 11.6. The van der Waals surface area contributed by atoms with E-state index in [1.165, 1.54) is 7.11 Å². The van der Waals surface area contributed by atoms with Crippen LogP contribution in [0.5, 0.6) is 0 Å². The third-order valence-corrected chi connectivity index (χ3v) is 2.14. The summed E-state index contributed by atoms with van der Waals surface area (Å²) in [5.41, 5.74) is 1.48. The maximum Gasteiger partial charge on any atom is 0.433 e. The number of aliphatic imine (C=N–C) groups is 1. The fourth-order valence-electron chi connectivity index (χ4n) is 1.40. The Morgan fingerprint density at radius 1 is 1.18 bits per heavy atom. The summed E-state index contributed by atoms with van der Waals surface area (Å²) < 4.78 is 4.57. The second-order valence-electron chi connectivity index (χ2n) is 4.55. The van der Waals surface area contributed by atoms with Crippen LogP contribution in [0.15, 0.2) is 35.3 Å². The highest BCUT2D eigenvalue weighted by Gasteiger charge is 2.21. The van der Waals surface area contributed by atoms with Gasteiger partial charge in [-0.15, -0.1) is 0 Å². The van der Waals surface area contributed by atoms with Gasteiger partial charge in [-0.3, -0.25) is 0 Å². The number of methoxy groups -OCH3 is 1. The molecule has 0 saturated carbocycles. The fourth-order valence-corrected chi connectivity index (χ4v) is 1.40. The van der Waals surface area contributed by atoms with E-state index in [4.69, 9.17) is 0 Å². The molecule has 17 heavy (non-hydrogen) atoms. The van der Waals surface area contributed by atoms with Crippen molar-refractivity contribution < 1.29 is 9.53 Å². The number of hydrogen-bond donors (Lipinski definition) is 0. The average molecular weight is 235 g/mol. The Bertz CT molecular complexity index is 388. The van der Waals surface area contributed by atoms with E-state index in [0.717, 1.165) is 11.3 Å². The Kier molecular flexibility index (Phi) is 5.59. The van der Waals surface area contributed by atoms with Gasteiger partial charge in [-0.2, -0.15) is 4.99 Å². The zero-order valence-electron chi connectivity index (χ0n) is 10.2. The summed E-state index contributed by atoms with van der Waals surface area (Å²) >= 11 is 0. The molecule has 0 spiro atoms. The van der Waals surface area contributed by atoms with Gasteiger partial charge in [0.2, 0.25) is 0 Å². The van der Waals surface area contributed by atoms with Crippen molar-refractivity contribution >= 4 is 11.8 Å². The first kappa shape index (κ1) is 15.4. The number of carbonyl (C=O) groups is 1. The largest absolute Gasteiger partial charge is 0.451 e. The maximum atomic E-state index is 11.2. The molecule has 0 aromatic heterocycles. The van der Waals surface area contributed by atoms with E-state index >= 15 is 0 Å². The molecule has 3 nitrogen and oxygen atoms in total. The maximum absolute atomic E-state index is 11.2. The van der Waals surface area contributed by atoms with Gasteiger partial charge >= 0.3 is 6.09 Å². The van der Waals surface area contributed by atoms with E-state index in [9.17, 15) is 4.79 Å². The third kappa shape index (κ3) is 4.39. The van der Waals surface area contributed by atoms with E-state index < -0.39 is 6.09 Å². The Labute approximate surface area is 104 Å². The lowest BCUT2D eigenvalue weighted by atomic mass is 9.85. The summed E-state index contributed by atoms with van der Waals surface area (Å²) in [6.07, 6.45) is -0.561. The monoisotopic (exact) mass is 235 g/mol. The predicted octanol–water partition coefficient (Wildman–Crippen LogP) is 3.92. The fraction of sp³-hybridized carbons (Fsp3) is 0.429. The van der Waals surface area contributed by atoms with Gasteiger partial charge < -0.3 is 4.74 Å². The lowest BCUT2D eigenvalue weighted by molar-refractivity contribution is 0.182. The van der Waals surface area contributed by atoms with E-state index in [1.54, 1.807) is 0 Å². The van der Waals surface area contributed by atoms with Crippen LogP contribution >= 0.6 is 0 Å². The number of benzene rings is 1. The van der Waals surface area contributed by atoms with Crippen LogP contribution in [0.3, 0.4) is 0 Å². The summed E-state index contributed by atoms with van der Waals surface area (Å²) in [4.78, 5) is 15.2. The molecular weight excluding hydrogens is 214 g/mol. The van der Waals surface area contributed by atoms with Crippen molar-refractivity contribution in [3.63, 3.8) is 0 Å². The molecule has 94 valence electrons. The molecule has 0 saturated heterocycles. The van der Waals surface area contributed by atoms with Crippen LogP contribution in [-0.2, 0) is 4.74 Å². The molecule has 0 aliphatic heterocycles. The average Bonchev–Trinajstić information content (AvgIpc) is 2.25. The number of carbonyl (C=O) groups excluding carboxylic acids is 1. The Morgan fingerprint density at radius 2 is 1.71 bits per heavy atom. The van der Waals surface area contributed by atoms with Crippen molar-refractivity contribution in [3.8, 4) is 0 Å². The molecule has 0 fully saturated rings. The van der Waals surface area contributed by atoms with Crippen molar-refractivity contribution in [1.82, 2.24) is 0 Å². The minimum absolute atomic E-state index is 0. The number of nitrogens with zero attached hydrogens (tertiary/aromatic N) is 1. The lowest BCUT2D eigenvalue weighted by Crippen LogP contribution is -2.23. The van der Waals surface area contributed by atoms with Crippen LogP contribution in [0.2, 0.25) is 0 Å². The Hall–Kier alpha value is -1.64. The van der Waals surface area contributed by atoms with Gasteiger partial charge in [0.1, 0.15) is 0 Å². The first-order chi connectivity index (χ1) is 7.45. The van der Waals surface area contributed by atoms with Crippen molar-refractivity contribution in [2.75, 3.05) is 7.11 Å². The van der Waals surface area contributed by atoms with Gasteiger partial charge in [0, 0.05) is 5.41 Å². The predicted molar refractivity (Wildman–Crippen MR) is 71.6 cm³/mol. The minimum atomic E-state index is -0.561. The first-order valence-corrected chi connectivity index (χ1v) is 5.17. The summed E-state index contributed by atoms with van der Waals surface area (Å²) in [6, 6.07) is 9.66. The number of hydrogen-bond acceptors (Lipinski definition) is 2. The van der Waals surface area contributed by atoms with Crippen LogP contribution in [0.25, 0.3) is 0 Å². The molecule has 1 aromatic carbocycles. The molecule has 0 heterocycles. The highest BCUT2D eigenvalue weighted by molar-refractivity contribution is 6.08. The smallest absolute Gasteiger partial charge is 0.433 e. The molecule has 0 aliphatic carbocycles. The number of rotatable bonds is 1. The molecule has 0 bridgehead atoms. The molecule has 0 unspecified atom stereocenters. The molecule has 0 radical (unpaired) electrons. The molecule has 1 rings (SSSR count). The summed E-state index contributed by atoms with van der Waals surface area (Å²) in [5.74, 6) is 0. The van der Waals surface area contributed by atoms with Crippen LogP contribution in [0.4, 0.5) is 4.79 Å². The number of ether oxygens (including phenoxy) is 1. The Balaban J connectivity index is 0.00000256. The summed E-state index contributed by atoms with van der Waals surface area (Å²) in [7, 11) is 1.33. The summed E-state index contributed by atoms with van der Waals surface area (Å²) in [6.45, 7) is 6.05. The molecular formula is C14H21NO2. The van der Waals surface area contributed by atoms with Crippen LogP contribution in [-0.4, -0.2) is 18.9 Å². The van der Waals surface area contributed by atoms with Crippen LogP contribution in [0.1, 0.15) is 33.8 Å². The van der Waals surface area contributed by atoms with Crippen LogP contribution < -0.4 is 0 Å². The van der Waals surface area contributed by atoms with Crippen LogP contribution in [0, 0.1) is 5.41 Å². The van der Waals surface area contributed by atoms with Gasteiger partial charge in [-0.25, -0.2) is 4.79 Å². The van der Waals surface area contributed by atoms with Gasteiger partial charge in [0.05, 0.1) is 12.8 Å². The molecule has 0 aliphatic rings. The molecule has 3 heteroatoms. The second-order valence-corrected chi connectivity index (χ2v) is 4.55. The van der Waals surface area contributed by atoms with Crippen molar-refractivity contribution in [2.45, 2.75) is 28.2 Å². The zero-order valence-corrected chi connectivity index (χ0v) is 10.2. The first-order valence-electron chi connectivity index (χ1n) is 5.17. The van der Waals surface area contributed by atoms with E-state index in [1.807, 2.05) is 51.1 Å². The number of amides is 1. The highest BCUT2D eigenvalue weighted by atomic mass is 16.5. The molecule has 1 amide bonds. The Morgan fingerprint density at radius 3 is 2.12 bits per heavy atom. The molecule has 0 atom stereocenters. The topological polar surface area (TPSA) is 38.7 Å². The van der Waals surface area contributed by atoms with Crippen molar-refractivity contribution in [3.05, 3.63) is 35.9 Å². The zero-order chi connectivity index (χ0) is 12.2. The van der Waals surface area contributed by atoms with E-state index in [-0.39, 0.29) is 12.8 Å². The minimum Gasteiger partial charge on any atom is -0.451 e. The quantitative estimate of drug-likeness (QED) is 0.692. The standard InChI is InChI=1S/C13H17NO2.CH4/c1-13(2,3)11(14-12(15)16-4)10-8-6-5-7-9-10;/h5-9H,1-4H3;1H4. The SMILES string of the molecule is C.COC(=O)N=C(c1ccccc1)C(C)(C)C. The van der Waals surface area contributed by atoms with E-state index in [0.29, 0.717) is 0 Å². The van der Waals surface area contributed by atoms with Gasteiger partial charge in [0.25, 0.3) is 0 Å². The highest BCUT2D eigenvalue weighted by Crippen LogP contribution is 2.22. The van der Waals surface area contributed by atoms with Gasteiger partial charge in [-0.05, 0) is 5.56 Å². The van der Waals surface area contributed by atoms with Crippen molar-refractivity contribution in [2.24, 2.45) is 10.4 Å². The molecule has 1 aromatic rings. The van der Waals surface area contributed by atoms with Gasteiger partial charge in [-0.1, -0.05) is 58.5 Å². The molecule has 0 N–H and O–H groups in total. The second kappa shape index (κ2) is 6.18. The van der Waals surface area contributed by atoms with Crippen molar-refractivity contribution in [1.29, 1.82) is 0 Å². The van der Waals surface area contributed by atoms with E-state index in [2.05, 4.69) is 9.73 Å². The third-order valence-electron chi connectivity index (χ3n) is 2.14. The van der Waals surface area contributed by atoms with Gasteiger partial charge in [0.15, 0.2) is 0 Å². The summed E-state index contributed by atoms with van der Waals surface area (Å²) in [5, 5.41) is 0.